The summed E-state index contributed by atoms with van der Waals surface area (Å²) in [5, 5.41) is 9.23. The molecule has 0 spiro atoms. The zero-order valence-electron chi connectivity index (χ0n) is 15.9. The van der Waals surface area contributed by atoms with Gasteiger partial charge in [0.2, 0.25) is 0 Å². The van der Waals surface area contributed by atoms with Crippen LogP contribution in [0.3, 0.4) is 0 Å². The average Bonchev–Trinajstić information content (AvgIpc) is 2.68. The van der Waals surface area contributed by atoms with E-state index in [4.69, 9.17) is 4.74 Å². The van der Waals surface area contributed by atoms with Gasteiger partial charge in [0.05, 0.1) is 17.6 Å². The van der Waals surface area contributed by atoms with E-state index in [-0.39, 0.29) is 18.0 Å². The third-order valence-corrected chi connectivity index (χ3v) is 5.64. The molecule has 140 valence electrons. The second-order valence-electron chi connectivity index (χ2n) is 7.63. The lowest BCUT2D eigenvalue weighted by Gasteiger charge is -2.38. The van der Waals surface area contributed by atoms with Crippen LogP contribution >= 0.6 is 0 Å². The Balaban J connectivity index is 1.57. The first-order chi connectivity index (χ1) is 12.6. The van der Waals surface area contributed by atoms with E-state index in [1.807, 2.05) is 24.3 Å². The monoisotopic (exact) mass is 355 g/mol. The summed E-state index contributed by atoms with van der Waals surface area (Å²) >= 11 is 0. The predicted octanol–water partition coefficient (Wildman–Crippen LogP) is 3.46. The second-order valence-corrected chi connectivity index (χ2v) is 7.63. The van der Waals surface area contributed by atoms with Crippen LogP contribution < -0.4 is 4.90 Å². The summed E-state index contributed by atoms with van der Waals surface area (Å²) in [6.45, 7) is 8.62. The van der Waals surface area contributed by atoms with Crippen molar-refractivity contribution in [2.24, 2.45) is 5.92 Å². The van der Waals surface area contributed by atoms with Crippen molar-refractivity contribution in [1.82, 2.24) is 4.90 Å². The minimum Gasteiger partial charge on any atom is -0.457 e. The molecule has 2 atom stereocenters. The van der Waals surface area contributed by atoms with Crippen molar-refractivity contribution in [1.29, 1.82) is 5.26 Å². The number of nitrogens with zero attached hydrogens (tertiary/aromatic N) is 3. The number of esters is 1. The minimum atomic E-state index is -0.312. The number of anilines is 1. The summed E-state index contributed by atoms with van der Waals surface area (Å²) in [5.74, 6) is -0.474. The summed E-state index contributed by atoms with van der Waals surface area (Å²) in [6.07, 6.45) is 3.44. The molecule has 1 aromatic rings. The first-order valence-electron chi connectivity index (χ1n) is 9.78. The highest BCUT2D eigenvalue weighted by Gasteiger charge is 2.28. The summed E-state index contributed by atoms with van der Waals surface area (Å²) < 4.78 is 5.62. The van der Waals surface area contributed by atoms with Crippen molar-refractivity contribution in [3.05, 3.63) is 29.8 Å². The van der Waals surface area contributed by atoms with Gasteiger partial charge in [-0.3, -0.25) is 4.90 Å². The topological polar surface area (TPSA) is 56.6 Å². The van der Waals surface area contributed by atoms with Crippen molar-refractivity contribution >= 4 is 11.7 Å². The van der Waals surface area contributed by atoms with Gasteiger partial charge in [-0.05, 0) is 57.4 Å². The molecule has 1 aromatic carbocycles. The number of nitriles is 1. The molecule has 26 heavy (non-hydrogen) atoms. The molecule has 1 saturated carbocycles. The molecule has 1 heterocycles. The quantitative estimate of drug-likeness (QED) is 0.774. The number of rotatable bonds is 4. The fourth-order valence-corrected chi connectivity index (χ4v) is 3.90. The van der Waals surface area contributed by atoms with E-state index in [1.54, 1.807) is 0 Å². The van der Waals surface area contributed by atoms with Crippen LogP contribution in [-0.4, -0.2) is 49.2 Å². The fourth-order valence-electron chi connectivity index (χ4n) is 3.90. The molecular weight excluding hydrogens is 326 g/mol. The fraction of sp³-hybridized carbons (Fsp3) is 0.619. The number of ether oxygens (including phenoxy) is 1. The van der Waals surface area contributed by atoms with Gasteiger partial charge < -0.3 is 9.64 Å². The molecule has 1 aliphatic heterocycles. The van der Waals surface area contributed by atoms with Crippen LogP contribution in [0, 0.1) is 17.2 Å². The maximum absolute atomic E-state index is 12.4. The Hall–Kier alpha value is -2.06. The van der Waals surface area contributed by atoms with E-state index in [1.165, 1.54) is 0 Å². The molecule has 0 aromatic heterocycles. The molecule has 2 aliphatic rings. The number of hydrogen-bond donors (Lipinski definition) is 0. The van der Waals surface area contributed by atoms with E-state index in [0.717, 1.165) is 57.5 Å². The summed E-state index contributed by atoms with van der Waals surface area (Å²) in [5.41, 5.74) is 1.72. The third-order valence-electron chi connectivity index (χ3n) is 5.64. The van der Waals surface area contributed by atoms with Crippen LogP contribution in [0.2, 0.25) is 0 Å². The molecule has 5 heteroatoms. The molecule has 5 nitrogen and oxygen atoms in total. The Kier molecular flexibility index (Phi) is 6.16. The van der Waals surface area contributed by atoms with Crippen molar-refractivity contribution in [3.63, 3.8) is 0 Å². The lowest BCUT2D eigenvalue weighted by Crippen LogP contribution is -2.48. The van der Waals surface area contributed by atoms with Crippen LogP contribution in [-0.2, 0) is 4.74 Å². The molecule has 3 rings (SSSR count). The molecule has 0 N–H and O–H groups in total. The zero-order valence-corrected chi connectivity index (χ0v) is 15.9. The smallest absolute Gasteiger partial charge is 0.338 e. The SMILES string of the molecule is CC(C)N1CCN(c2ccc(C(=O)O[C@@H]3CCCC[C@@H]3C#N)cc2)CC1. The standard InChI is InChI=1S/C21H29N3O2/c1-16(2)23-11-13-24(14-12-23)19-9-7-17(8-10-19)21(25)26-20-6-4-3-5-18(20)15-22/h7-10,16,18,20H,3-6,11-14H2,1-2H3/t18-,20-/m1/s1. The number of piperazine rings is 1. The summed E-state index contributed by atoms with van der Waals surface area (Å²) in [6, 6.07) is 10.6. The van der Waals surface area contributed by atoms with Gasteiger partial charge in [0.1, 0.15) is 6.10 Å². The van der Waals surface area contributed by atoms with Crippen molar-refractivity contribution < 1.29 is 9.53 Å². The number of benzene rings is 1. The van der Waals surface area contributed by atoms with Gasteiger partial charge >= 0.3 is 5.97 Å². The van der Waals surface area contributed by atoms with Crippen molar-refractivity contribution in [3.8, 4) is 6.07 Å². The maximum atomic E-state index is 12.4. The summed E-state index contributed by atoms with van der Waals surface area (Å²) in [4.78, 5) is 17.3. The van der Waals surface area contributed by atoms with Crippen LogP contribution in [0.5, 0.6) is 0 Å². The van der Waals surface area contributed by atoms with Crippen molar-refractivity contribution in [2.45, 2.75) is 51.7 Å². The molecule has 1 saturated heterocycles. The molecule has 0 amide bonds. The maximum Gasteiger partial charge on any atom is 0.338 e. The lowest BCUT2D eigenvalue weighted by molar-refractivity contribution is 0.0107. The number of carbonyl (C=O) groups excluding carboxylic acids is 1. The molecule has 1 aliphatic carbocycles. The molecule has 0 radical (unpaired) electrons. The molecule has 0 unspecified atom stereocenters. The van der Waals surface area contributed by atoms with Gasteiger partial charge in [0.25, 0.3) is 0 Å². The Bertz CT molecular complexity index is 642. The second kappa shape index (κ2) is 8.55. The molecular formula is C21H29N3O2. The highest BCUT2D eigenvalue weighted by Crippen LogP contribution is 2.27. The zero-order chi connectivity index (χ0) is 18.5. The van der Waals surface area contributed by atoms with Gasteiger partial charge in [0.15, 0.2) is 0 Å². The van der Waals surface area contributed by atoms with Gasteiger partial charge in [-0.15, -0.1) is 0 Å². The largest absolute Gasteiger partial charge is 0.457 e. The van der Waals surface area contributed by atoms with E-state index in [9.17, 15) is 10.1 Å². The van der Waals surface area contributed by atoms with Gasteiger partial charge in [-0.1, -0.05) is 6.42 Å². The normalized spacial score (nSPS) is 24.3. The van der Waals surface area contributed by atoms with E-state index < -0.39 is 0 Å². The first-order valence-corrected chi connectivity index (χ1v) is 9.78. The third kappa shape index (κ3) is 4.37. The van der Waals surface area contributed by atoms with E-state index >= 15 is 0 Å². The predicted molar refractivity (Wildman–Crippen MR) is 102 cm³/mol. The number of hydrogen-bond acceptors (Lipinski definition) is 5. The minimum absolute atomic E-state index is 0.163. The van der Waals surface area contributed by atoms with Crippen LogP contribution in [0.1, 0.15) is 49.9 Å². The van der Waals surface area contributed by atoms with Gasteiger partial charge in [-0.25, -0.2) is 4.79 Å². The van der Waals surface area contributed by atoms with Gasteiger partial charge in [0, 0.05) is 37.9 Å². The first kappa shape index (κ1) is 18.7. The highest BCUT2D eigenvalue weighted by molar-refractivity contribution is 5.90. The summed E-state index contributed by atoms with van der Waals surface area (Å²) in [7, 11) is 0. The van der Waals surface area contributed by atoms with E-state index in [2.05, 4.69) is 29.7 Å². The molecule has 0 bridgehead atoms. The average molecular weight is 355 g/mol. The van der Waals surface area contributed by atoms with E-state index in [0.29, 0.717) is 11.6 Å². The lowest BCUT2D eigenvalue weighted by atomic mass is 9.87. The number of carbonyl (C=O) groups is 1. The van der Waals surface area contributed by atoms with Crippen LogP contribution in [0.25, 0.3) is 0 Å². The van der Waals surface area contributed by atoms with Crippen molar-refractivity contribution in [2.75, 3.05) is 31.1 Å². The Morgan fingerprint density at radius 3 is 2.38 bits per heavy atom. The van der Waals surface area contributed by atoms with Crippen LogP contribution in [0.4, 0.5) is 5.69 Å². The Morgan fingerprint density at radius 1 is 1.12 bits per heavy atom. The molecule has 2 fully saturated rings. The Morgan fingerprint density at radius 2 is 1.77 bits per heavy atom. The Labute approximate surface area is 156 Å². The van der Waals surface area contributed by atoms with Gasteiger partial charge in [-0.2, -0.15) is 5.26 Å². The van der Waals surface area contributed by atoms with Crippen LogP contribution in [0.15, 0.2) is 24.3 Å². The highest BCUT2D eigenvalue weighted by atomic mass is 16.5.